The Balaban J connectivity index is 1.31. The van der Waals surface area contributed by atoms with Crippen molar-refractivity contribution in [2.45, 2.75) is 38.5 Å². The number of halogens is 1. The Labute approximate surface area is 200 Å². The molecular formula is C26H34FN5O2. The number of anilines is 1. The van der Waals surface area contributed by atoms with Gasteiger partial charge in [-0.1, -0.05) is 19.1 Å². The average Bonchev–Trinajstić information content (AvgIpc) is 3.26. The minimum Gasteiger partial charge on any atom is -0.379 e. The standard InChI is InChI=1S/C26H34FN5O2/c1-18-3-5-20(15-22(18)27)21(16-30-11-13-34-14-12-30)26(33)32-9-7-31(8-10-32)25-24-19(2)4-6-23(24)28-17-29-25/h3,5,15,17,19,21H,4,6-14,16H2,1-2H3/t19-,21-/m1/s1. The van der Waals surface area contributed by atoms with Crippen molar-refractivity contribution in [1.82, 2.24) is 19.8 Å². The predicted molar refractivity (Wildman–Crippen MR) is 129 cm³/mol. The molecule has 8 heteroatoms. The number of amides is 1. The number of ether oxygens (including phenoxy) is 1. The van der Waals surface area contributed by atoms with E-state index in [-0.39, 0.29) is 17.6 Å². The van der Waals surface area contributed by atoms with Crippen LogP contribution in [0.2, 0.25) is 0 Å². The molecule has 1 amide bonds. The lowest BCUT2D eigenvalue weighted by atomic mass is 9.95. The number of benzene rings is 1. The summed E-state index contributed by atoms with van der Waals surface area (Å²) in [6.45, 7) is 10.3. The summed E-state index contributed by atoms with van der Waals surface area (Å²) in [6.07, 6.45) is 3.81. The number of aromatic nitrogens is 2. The van der Waals surface area contributed by atoms with Crippen LogP contribution in [0.1, 0.15) is 47.6 Å². The van der Waals surface area contributed by atoms with Gasteiger partial charge in [-0.25, -0.2) is 14.4 Å². The van der Waals surface area contributed by atoms with Crippen LogP contribution >= 0.6 is 0 Å². The molecule has 3 aliphatic rings. The van der Waals surface area contributed by atoms with Gasteiger partial charge in [-0.15, -0.1) is 0 Å². The van der Waals surface area contributed by atoms with Gasteiger partial charge in [-0.05, 0) is 42.9 Å². The molecule has 1 aromatic heterocycles. The lowest BCUT2D eigenvalue weighted by Crippen LogP contribution is -2.52. The summed E-state index contributed by atoms with van der Waals surface area (Å²) in [5.41, 5.74) is 3.80. The van der Waals surface area contributed by atoms with Crippen LogP contribution in [-0.2, 0) is 16.0 Å². The molecule has 0 N–H and O–H groups in total. The summed E-state index contributed by atoms with van der Waals surface area (Å²) < 4.78 is 19.9. The zero-order chi connectivity index (χ0) is 23.7. The van der Waals surface area contributed by atoms with Crippen LogP contribution in [-0.4, -0.2) is 84.7 Å². The second kappa shape index (κ2) is 9.96. The number of morpholine rings is 1. The fourth-order valence-corrected chi connectivity index (χ4v) is 5.43. The third-order valence-corrected chi connectivity index (χ3v) is 7.58. The summed E-state index contributed by atoms with van der Waals surface area (Å²) in [6, 6.07) is 5.22. The van der Waals surface area contributed by atoms with E-state index in [1.165, 1.54) is 11.3 Å². The lowest BCUT2D eigenvalue weighted by molar-refractivity contribution is -0.134. The maximum absolute atomic E-state index is 14.4. The molecule has 7 nitrogen and oxygen atoms in total. The normalized spacial score (nSPS) is 22.0. The van der Waals surface area contributed by atoms with Crippen molar-refractivity contribution in [2.24, 2.45) is 0 Å². The summed E-state index contributed by atoms with van der Waals surface area (Å²) in [5, 5.41) is 0. The highest BCUT2D eigenvalue weighted by atomic mass is 19.1. The molecular weight excluding hydrogens is 433 g/mol. The van der Waals surface area contributed by atoms with E-state index < -0.39 is 0 Å². The van der Waals surface area contributed by atoms with E-state index in [1.807, 2.05) is 11.0 Å². The highest BCUT2D eigenvalue weighted by molar-refractivity contribution is 5.84. The Bertz CT molecular complexity index is 1030. The number of fused-ring (bicyclic) bond motifs is 1. The molecule has 34 heavy (non-hydrogen) atoms. The topological polar surface area (TPSA) is 61.8 Å². The minimum absolute atomic E-state index is 0.0793. The SMILES string of the molecule is Cc1ccc([C@@H](CN2CCOCC2)C(=O)N2CCN(c3ncnc4c3[C@H](C)CC4)CC2)cc1F. The molecule has 2 saturated heterocycles. The lowest BCUT2D eigenvalue weighted by Gasteiger charge is -2.39. The van der Waals surface area contributed by atoms with Gasteiger partial charge in [0.1, 0.15) is 18.0 Å². The maximum Gasteiger partial charge on any atom is 0.231 e. The molecule has 0 spiro atoms. The average molecular weight is 468 g/mol. The van der Waals surface area contributed by atoms with Crippen LogP contribution in [0.5, 0.6) is 0 Å². The fraction of sp³-hybridized carbons (Fsp3) is 0.577. The van der Waals surface area contributed by atoms with E-state index in [0.29, 0.717) is 44.3 Å². The molecule has 0 radical (unpaired) electrons. The molecule has 0 unspecified atom stereocenters. The number of piperazine rings is 1. The molecule has 2 atom stereocenters. The van der Waals surface area contributed by atoms with Crippen LogP contribution < -0.4 is 4.90 Å². The first-order chi connectivity index (χ1) is 16.5. The molecule has 2 fully saturated rings. The monoisotopic (exact) mass is 467 g/mol. The number of hydrogen-bond acceptors (Lipinski definition) is 6. The van der Waals surface area contributed by atoms with E-state index in [0.717, 1.165) is 50.4 Å². The van der Waals surface area contributed by atoms with Gasteiger partial charge in [0, 0.05) is 57.1 Å². The molecule has 2 aromatic rings. The van der Waals surface area contributed by atoms with Gasteiger partial charge in [0.15, 0.2) is 0 Å². The summed E-state index contributed by atoms with van der Waals surface area (Å²) in [4.78, 5) is 29.4. The zero-order valence-corrected chi connectivity index (χ0v) is 20.2. The second-order valence-electron chi connectivity index (χ2n) is 9.78. The van der Waals surface area contributed by atoms with Gasteiger partial charge in [0.05, 0.1) is 19.1 Å². The van der Waals surface area contributed by atoms with E-state index in [2.05, 4.69) is 26.7 Å². The molecule has 0 saturated carbocycles. The van der Waals surface area contributed by atoms with Gasteiger partial charge < -0.3 is 14.5 Å². The third-order valence-electron chi connectivity index (χ3n) is 7.58. The van der Waals surface area contributed by atoms with Gasteiger partial charge in [-0.3, -0.25) is 9.69 Å². The largest absolute Gasteiger partial charge is 0.379 e. The van der Waals surface area contributed by atoms with Gasteiger partial charge in [0.25, 0.3) is 0 Å². The van der Waals surface area contributed by atoms with Gasteiger partial charge in [-0.2, -0.15) is 0 Å². The Kier molecular flexibility index (Phi) is 6.79. The number of carbonyl (C=O) groups is 1. The van der Waals surface area contributed by atoms with Crippen molar-refractivity contribution in [1.29, 1.82) is 0 Å². The van der Waals surface area contributed by atoms with E-state index >= 15 is 0 Å². The minimum atomic E-state index is -0.386. The highest BCUT2D eigenvalue weighted by Gasteiger charge is 2.33. The van der Waals surface area contributed by atoms with Crippen molar-refractivity contribution >= 4 is 11.7 Å². The first-order valence-corrected chi connectivity index (χ1v) is 12.4. The Hall–Kier alpha value is -2.58. The van der Waals surface area contributed by atoms with E-state index in [4.69, 9.17) is 4.74 Å². The smallest absolute Gasteiger partial charge is 0.231 e. The Morgan fingerprint density at radius 2 is 1.91 bits per heavy atom. The van der Waals surface area contributed by atoms with Crippen LogP contribution in [0, 0.1) is 12.7 Å². The van der Waals surface area contributed by atoms with Crippen molar-refractivity contribution in [2.75, 3.05) is 63.9 Å². The van der Waals surface area contributed by atoms with Crippen molar-refractivity contribution < 1.29 is 13.9 Å². The van der Waals surface area contributed by atoms with Crippen LogP contribution in [0.25, 0.3) is 0 Å². The number of aryl methyl sites for hydroxylation is 2. The first-order valence-electron chi connectivity index (χ1n) is 12.4. The molecule has 1 aliphatic carbocycles. The van der Waals surface area contributed by atoms with E-state index in [1.54, 1.807) is 25.4 Å². The van der Waals surface area contributed by atoms with Crippen molar-refractivity contribution in [3.63, 3.8) is 0 Å². The molecule has 5 rings (SSSR count). The van der Waals surface area contributed by atoms with Gasteiger partial charge in [0.2, 0.25) is 5.91 Å². The maximum atomic E-state index is 14.4. The summed E-state index contributed by atoms with van der Waals surface area (Å²) in [7, 11) is 0. The Morgan fingerprint density at radius 1 is 1.15 bits per heavy atom. The number of nitrogens with zero attached hydrogens (tertiary/aromatic N) is 5. The van der Waals surface area contributed by atoms with Crippen molar-refractivity contribution in [3.8, 4) is 0 Å². The molecule has 182 valence electrons. The van der Waals surface area contributed by atoms with Gasteiger partial charge >= 0.3 is 0 Å². The number of hydrogen-bond donors (Lipinski definition) is 0. The number of carbonyl (C=O) groups excluding carboxylic acids is 1. The van der Waals surface area contributed by atoms with Crippen LogP contribution in [0.4, 0.5) is 10.2 Å². The third kappa shape index (κ3) is 4.66. The molecule has 0 bridgehead atoms. The predicted octanol–water partition coefficient (Wildman–Crippen LogP) is 2.74. The van der Waals surface area contributed by atoms with Crippen LogP contribution in [0.15, 0.2) is 24.5 Å². The van der Waals surface area contributed by atoms with Crippen molar-refractivity contribution in [3.05, 3.63) is 52.7 Å². The van der Waals surface area contributed by atoms with Crippen LogP contribution in [0.3, 0.4) is 0 Å². The number of rotatable bonds is 5. The highest BCUT2D eigenvalue weighted by Crippen LogP contribution is 2.37. The first kappa shape index (κ1) is 23.2. The summed E-state index contributed by atoms with van der Waals surface area (Å²) in [5.74, 6) is 0.945. The molecule has 3 heterocycles. The fourth-order valence-electron chi connectivity index (χ4n) is 5.43. The molecule has 1 aromatic carbocycles. The zero-order valence-electron chi connectivity index (χ0n) is 20.2. The molecule has 2 aliphatic heterocycles. The second-order valence-corrected chi connectivity index (χ2v) is 9.78. The summed E-state index contributed by atoms with van der Waals surface area (Å²) >= 11 is 0. The Morgan fingerprint density at radius 3 is 2.65 bits per heavy atom. The quantitative estimate of drug-likeness (QED) is 0.674. The van der Waals surface area contributed by atoms with E-state index in [9.17, 15) is 9.18 Å².